The molecule has 0 saturated carbocycles. The number of hydrogen-bond donors (Lipinski definition) is 1. The van der Waals surface area contributed by atoms with Gasteiger partial charge in [0.05, 0.1) is 7.05 Å². The molecule has 1 N–H and O–H groups in total. The van der Waals surface area contributed by atoms with Crippen molar-refractivity contribution in [2.75, 3.05) is 7.05 Å². The largest absolute Gasteiger partial charge is 0.454 e. The van der Waals surface area contributed by atoms with Crippen molar-refractivity contribution in [2.45, 2.75) is 0 Å². The monoisotopic (exact) mass is 104 g/mol. The van der Waals surface area contributed by atoms with E-state index in [0.29, 0.717) is 0 Å². The van der Waals surface area contributed by atoms with E-state index in [1.54, 1.807) is 0 Å². The van der Waals surface area contributed by atoms with E-state index < -0.39 is 6.09 Å². The van der Waals surface area contributed by atoms with Gasteiger partial charge in [-0.2, -0.15) is 5.48 Å². The van der Waals surface area contributed by atoms with Crippen LogP contribution < -0.4 is 5.48 Å². The molecular formula is C2H4N2O3. The van der Waals surface area contributed by atoms with Crippen LogP contribution >= 0.6 is 0 Å². The minimum absolute atomic E-state index is 0.595. The molecule has 7 heavy (non-hydrogen) atoms. The third-order valence-electron chi connectivity index (χ3n) is 0.469. The topological polar surface area (TPSA) is 50.8 Å². The molecule has 0 unspecified atom stereocenters. The summed E-state index contributed by atoms with van der Waals surface area (Å²) in [5.74, 6) is 0. The number of nitrogens with one attached hydrogen (secondary N) is 1. The summed E-state index contributed by atoms with van der Waals surface area (Å²) in [5, 5.41) is 0.919. The van der Waals surface area contributed by atoms with Crippen LogP contribution in [-0.2, 0) is 9.78 Å². The van der Waals surface area contributed by atoms with Crippen molar-refractivity contribution in [3.05, 3.63) is 0 Å². The molecule has 0 spiro atoms. The summed E-state index contributed by atoms with van der Waals surface area (Å²) in [6, 6.07) is 0. The third-order valence-corrected chi connectivity index (χ3v) is 0.469. The number of carbonyl (C=O) groups excluding carboxylic acids is 1. The predicted octanol–water partition coefficient (Wildman–Crippen LogP) is -0.580. The van der Waals surface area contributed by atoms with E-state index in [1.165, 1.54) is 7.05 Å². The lowest BCUT2D eigenvalue weighted by Gasteiger charge is -1.95. The number of hydrogen-bond acceptors (Lipinski definition) is 4. The minimum atomic E-state index is -0.595. The fourth-order valence-corrected chi connectivity index (χ4v) is 0.256. The van der Waals surface area contributed by atoms with E-state index in [0.717, 1.165) is 5.23 Å². The smallest absolute Gasteiger partial charge is 0.321 e. The van der Waals surface area contributed by atoms with Gasteiger partial charge in [0.2, 0.25) is 0 Å². The van der Waals surface area contributed by atoms with E-state index in [2.05, 4.69) is 9.78 Å². The number of amides is 1. The third kappa shape index (κ3) is 0.787. The fourth-order valence-electron chi connectivity index (χ4n) is 0.256. The average Bonchev–Trinajstić information content (AvgIpc) is 1.87. The van der Waals surface area contributed by atoms with Crippen molar-refractivity contribution < 1.29 is 14.6 Å². The molecule has 0 aromatic heterocycles. The zero-order chi connectivity index (χ0) is 5.28. The number of hydroxylamine groups is 3. The molecule has 1 amide bonds. The van der Waals surface area contributed by atoms with Crippen LogP contribution in [-0.4, -0.2) is 18.4 Å². The lowest BCUT2D eigenvalue weighted by molar-refractivity contribution is -0.285. The number of rotatable bonds is 0. The van der Waals surface area contributed by atoms with Gasteiger partial charge < -0.3 is 4.84 Å². The molecule has 5 heteroatoms. The van der Waals surface area contributed by atoms with Crippen molar-refractivity contribution in [2.24, 2.45) is 0 Å². The highest BCUT2D eigenvalue weighted by Gasteiger charge is 2.16. The zero-order valence-corrected chi connectivity index (χ0v) is 3.67. The van der Waals surface area contributed by atoms with E-state index in [-0.39, 0.29) is 0 Å². The second kappa shape index (κ2) is 1.36. The molecule has 1 saturated heterocycles. The molecule has 0 radical (unpaired) electrons. The maximum absolute atomic E-state index is 9.95. The van der Waals surface area contributed by atoms with Gasteiger partial charge in [-0.25, -0.2) is 4.79 Å². The molecule has 40 valence electrons. The molecule has 1 fully saturated rings. The van der Waals surface area contributed by atoms with E-state index in [9.17, 15) is 4.79 Å². The Morgan fingerprint density at radius 2 is 2.57 bits per heavy atom. The first-order chi connectivity index (χ1) is 3.29. The van der Waals surface area contributed by atoms with Crippen LogP contribution in [0.2, 0.25) is 0 Å². The van der Waals surface area contributed by atoms with Crippen LogP contribution in [0.3, 0.4) is 0 Å². The summed E-state index contributed by atoms with van der Waals surface area (Å²) >= 11 is 0. The Morgan fingerprint density at radius 1 is 1.86 bits per heavy atom. The van der Waals surface area contributed by atoms with Crippen LogP contribution in [0.25, 0.3) is 0 Å². The quantitative estimate of drug-likeness (QED) is 0.446. The Kier molecular flexibility index (Phi) is 0.844. The van der Waals surface area contributed by atoms with Gasteiger partial charge in [0.1, 0.15) is 0 Å². The minimum Gasteiger partial charge on any atom is -0.321 e. The summed E-state index contributed by atoms with van der Waals surface area (Å²) in [4.78, 5) is 18.5. The predicted molar refractivity (Wildman–Crippen MR) is 18.5 cm³/mol. The second-order valence-electron chi connectivity index (χ2n) is 1.01. The molecule has 1 aliphatic heterocycles. The highest BCUT2D eigenvalue weighted by Crippen LogP contribution is 1.92. The SMILES string of the molecule is CN1ONC(=O)O1. The van der Waals surface area contributed by atoms with E-state index in [1.807, 2.05) is 5.48 Å². The summed E-state index contributed by atoms with van der Waals surface area (Å²) in [7, 11) is 1.46. The van der Waals surface area contributed by atoms with Crippen LogP contribution in [0.1, 0.15) is 0 Å². The molecule has 0 aromatic carbocycles. The first kappa shape index (κ1) is 4.35. The Bertz CT molecular complexity index is 92.9. The van der Waals surface area contributed by atoms with E-state index in [4.69, 9.17) is 0 Å². The van der Waals surface area contributed by atoms with Gasteiger partial charge in [-0.15, -0.1) is 4.94 Å². The molecule has 0 aromatic rings. The normalized spacial score (nSPS) is 21.6. The summed E-state index contributed by atoms with van der Waals surface area (Å²) in [5.41, 5.74) is 1.93. The van der Waals surface area contributed by atoms with Gasteiger partial charge in [-0.05, 0) is 0 Å². The zero-order valence-electron chi connectivity index (χ0n) is 3.67. The molecule has 1 heterocycles. The van der Waals surface area contributed by atoms with Crippen molar-refractivity contribution in [3.8, 4) is 0 Å². The van der Waals surface area contributed by atoms with Gasteiger partial charge >= 0.3 is 6.09 Å². The maximum atomic E-state index is 9.95. The fraction of sp³-hybridized carbons (Fsp3) is 0.500. The standard InChI is InChI=1S/C2H4N2O3/c1-4-6-2(5)3-7-4/h1H3,(H,3,5). The van der Waals surface area contributed by atoms with Crippen LogP contribution in [0.4, 0.5) is 4.79 Å². The van der Waals surface area contributed by atoms with E-state index >= 15 is 0 Å². The van der Waals surface area contributed by atoms with Crippen LogP contribution in [0.5, 0.6) is 0 Å². The lowest BCUT2D eigenvalue weighted by atomic mass is 11.3. The molecule has 5 nitrogen and oxygen atoms in total. The Balaban J connectivity index is 2.40. The lowest BCUT2D eigenvalue weighted by Crippen LogP contribution is -2.11. The number of nitrogens with zero attached hydrogens (tertiary/aromatic N) is 1. The number of carbonyl (C=O) groups is 1. The van der Waals surface area contributed by atoms with Crippen molar-refractivity contribution >= 4 is 6.09 Å². The molecule has 1 aliphatic rings. The van der Waals surface area contributed by atoms with Crippen LogP contribution in [0.15, 0.2) is 0 Å². The van der Waals surface area contributed by atoms with Crippen molar-refractivity contribution in [1.29, 1.82) is 0 Å². The van der Waals surface area contributed by atoms with Gasteiger partial charge in [0, 0.05) is 5.23 Å². The molecular weight excluding hydrogens is 100 g/mol. The summed E-state index contributed by atoms with van der Waals surface area (Å²) in [6.45, 7) is 0. The molecule has 0 atom stereocenters. The van der Waals surface area contributed by atoms with Gasteiger partial charge in [-0.3, -0.25) is 0 Å². The van der Waals surface area contributed by atoms with Gasteiger partial charge in [-0.1, -0.05) is 0 Å². The van der Waals surface area contributed by atoms with Crippen molar-refractivity contribution in [3.63, 3.8) is 0 Å². The first-order valence-electron chi connectivity index (χ1n) is 1.67. The molecule has 1 rings (SSSR count). The highest BCUT2D eigenvalue weighted by molar-refractivity contribution is 5.66. The van der Waals surface area contributed by atoms with Gasteiger partial charge in [0.25, 0.3) is 0 Å². The second-order valence-corrected chi connectivity index (χ2v) is 1.01. The maximum Gasteiger partial charge on any atom is 0.454 e. The first-order valence-corrected chi connectivity index (χ1v) is 1.67. The van der Waals surface area contributed by atoms with Gasteiger partial charge in [0.15, 0.2) is 0 Å². The average molecular weight is 104 g/mol. The van der Waals surface area contributed by atoms with Crippen molar-refractivity contribution in [1.82, 2.24) is 10.7 Å². The van der Waals surface area contributed by atoms with Crippen LogP contribution in [0, 0.1) is 0 Å². The summed E-state index contributed by atoms with van der Waals surface area (Å²) in [6.07, 6.45) is -0.595. The summed E-state index contributed by atoms with van der Waals surface area (Å²) < 4.78 is 0. The molecule has 0 aliphatic carbocycles. The Morgan fingerprint density at radius 3 is 2.71 bits per heavy atom. The Labute approximate surface area is 39.7 Å². The highest BCUT2D eigenvalue weighted by atomic mass is 17.1. The molecule has 0 bridgehead atoms. The Hall–Kier alpha value is -0.810.